The first-order valence-electron chi connectivity index (χ1n) is 4.40. The number of hydrogen-bond donors (Lipinski definition) is 2. The molecular weight excluding hydrogens is 232 g/mol. The van der Waals surface area contributed by atoms with Gasteiger partial charge < -0.3 is 0 Å². The van der Waals surface area contributed by atoms with Crippen molar-refractivity contribution in [2.75, 3.05) is 14.1 Å². The van der Waals surface area contributed by atoms with E-state index < -0.39 is 0 Å². The van der Waals surface area contributed by atoms with Crippen molar-refractivity contribution in [3.8, 4) is 0 Å². The van der Waals surface area contributed by atoms with Gasteiger partial charge >= 0.3 is 4.33 Å². The van der Waals surface area contributed by atoms with Crippen LogP contribution in [0.3, 0.4) is 0 Å². The second-order valence-electron chi connectivity index (χ2n) is 3.07. The van der Waals surface area contributed by atoms with Gasteiger partial charge in [0.25, 0.3) is 12.4 Å². The Morgan fingerprint density at radius 1 is 1.07 bits per heavy atom. The smallest absolute Gasteiger partial charge is 0.261 e. The Morgan fingerprint density at radius 3 is 1.93 bits per heavy atom. The summed E-state index contributed by atoms with van der Waals surface area (Å²) in [6.07, 6.45) is 3.97. The zero-order chi connectivity index (χ0) is 10.5. The molecule has 3 heterocycles. The summed E-state index contributed by atoms with van der Waals surface area (Å²) < 4.78 is 3.81. The van der Waals surface area contributed by atoms with Crippen LogP contribution in [0.4, 0.5) is 0 Å². The average Bonchev–Trinajstić information content (AvgIpc) is 2.83. The highest BCUT2D eigenvalue weighted by molar-refractivity contribution is 8.30. The van der Waals surface area contributed by atoms with E-state index in [1.54, 1.807) is 37.6 Å². The van der Waals surface area contributed by atoms with Crippen LogP contribution in [-0.4, -0.2) is 50.6 Å². The van der Waals surface area contributed by atoms with E-state index in [1.807, 2.05) is 21.8 Å². The lowest BCUT2D eigenvalue weighted by molar-refractivity contribution is -0.777. The van der Waals surface area contributed by atoms with Crippen LogP contribution in [0.15, 0.2) is 9.98 Å². The zero-order valence-electron chi connectivity index (χ0n) is 8.26. The molecule has 6 nitrogen and oxygen atoms in total. The van der Waals surface area contributed by atoms with Crippen molar-refractivity contribution in [1.82, 2.24) is 10.9 Å². The number of hydrazone groups is 2. The van der Waals surface area contributed by atoms with Gasteiger partial charge in [-0.1, -0.05) is 0 Å². The predicted octanol–water partition coefficient (Wildman–Crippen LogP) is -0.748. The minimum Gasteiger partial charge on any atom is -0.261 e. The molecule has 2 fully saturated rings. The summed E-state index contributed by atoms with van der Waals surface area (Å²) in [6, 6.07) is 0. The third-order valence-corrected chi connectivity index (χ3v) is 5.02. The van der Waals surface area contributed by atoms with Gasteiger partial charge in [-0.05, 0) is 9.37 Å². The summed E-state index contributed by atoms with van der Waals surface area (Å²) in [6.45, 7) is 0. The lowest BCUT2D eigenvalue weighted by atomic mass is 10.8. The Morgan fingerprint density at radius 2 is 1.53 bits per heavy atom. The van der Waals surface area contributed by atoms with E-state index in [9.17, 15) is 0 Å². The first kappa shape index (κ1) is 9.22. The van der Waals surface area contributed by atoms with Gasteiger partial charge in [0.05, 0.1) is 23.5 Å². The Bertz CT molecular complexity index is 406. The zero-order valence-corrected chi connectivity index (χ0v) is 9.89. The van der Waals surface area contributed by atoms with E-state index in [4.69, 9.17) is 0 Å². The van der Waals surface area contributed by atoms with Crippen LogP contribution in [0.25, 0.3) is 0 Å². The summed E-state index contributed by atoms with van der Waals surface area (Å²) in [5.41, 5.74) is 6.42. The third-order valence-electron chi connectivity index (χ3n) is 2.27. The molecule has 15 heavy (non-hydrogen) atoms. The van der Waals surface area contributed by atoms with E-state index in [2.05, 4.69) is 20.8 Å². The minimum absolute atomic E-state index is 0.232. The molecule has 3 aliphatic heterocycles. The fourth-order valence-electron chi connectivity index (χ4n) is 1.57. The summed E-state index contributed by atoms with van der Waals surface area (Å²) >= 11 is 3.33. The fraction of sp³-hybridized carbons (Fsp3) is 0.429. The summed E-state index contributed by atoms with van der Waals surface area (Å²) in [7, 11) is 3.56. The molecule has 0 bridgehead atoms. The number of hydrogen-bond acceptors (Lipinski definition) is 4. The van der Waals surface area contributed by atoms with Crippen molar-refractivity contribution < 1.29 is 9.37 Å². The number of thioether (sulfide) groups is 2. The van der Waals surface area contributed by atoms with Crippen LogP contribution in [0.2, 0.25) is 0 Å². The van der Waals surface area contributed by atoms with Crippen LogP contribution >= 0.6 is 23.5 Å². The van der Waals surface area contributed by atoms with Crippen LogP contribution in [-0.2, 0) is 0 Å². The highest BCUT2D eigenvalue weighted by Gasteiger charge is 2.71. The van der Waals surface area contributed by atoms with E-state index in [0.29, 0.717) is 0 Å². The molecule has 0 atom stereocenters. The van der Waals surface area contributed by atoms with E-state index in [0.717, 1.165) is 10.3 Å². The molecule has 0 aromatic rings. The first-order valence-corrected chi connectivity index (χ1v) is 6.04. The molecule has 0 amide bonds. The minimum atomic E-state index is -0.232. The summed E-state index contributed by atoms with van der Waals surface area (Å²) in [4.78, 5) is 8.32. The molecule has 0 aromatic heterocycles. The lowest BCUT2D eigenvalue weighted by Crippen LogP contribution is -2.41. The molecular formula is C7H10N6S2+2. The molecule has 0 aliphatic carbocycles. The van der Waals surface area contributed by atoms with Gasteiger partial charge in [-0.15, -0.1) is 10.9 Å². The Hall–Kier alpha value is -1.02. The second kappa shape index (κ2) is 2.99. The van der Waals surface area contributed by atoms with Crippen LogP contribution in [0, 0.1) is 0 Å². The van der Waals surface area contributed by atoms with Crippen LogP contribution in [0.1, 0.15) is 0 Å². The largest absolute Gasteiger partial charge is 0.518 e. The number of nitrogens with zero attached hydrogens (tertiary/aromatic N) is 4. The molecule has 78 valence electrons. The molecule has 0 unspecified atom stereocenters. The van der Waals surface area contributed by atoms with Gasteiger partial charge in [0.2, 0.25) is 10.3 Å². The highest BCUT2D eigenvalue weighted by Crippen LogP contribution is 2.46. The van der Waals surface area contributed by atoms with Gasteiger partial charge in [-0.2, -0.15) is 0 Å². The maximum Gasteiger partial charge on any atom is 0.518 e. The lowest BCUT2D eigenvalue weighted by Gasteiger charge is -2.00. The number of amidine groups is 2. The van der Waals surface area contributed by atoms with E-state index in [-0.39, 0.29) is 4.33 Å². The van der Waals surface area contributed by atoms with Crippen molar-refractivity contribution >= 4 is 46.3 Å². The maximum absolute atomic E-state index is 4.16. The molecule has 0 aromatic carbocycles. The van der Waals surface area contributed by atoms with E-state index >= 15 is 0 Å². The topological polar surface area (TPSA) is 54.8 Å². The Kier molecular flexibility index (Phi) is 1.84. The second-order valence-corrected chi connectivity index (χ2v) is 5.65. The van der Waals surface area contributed by atoms with Crippen LogP contribution < -0.4 is 10.9 Å². The van der Waals surface area contributed by atoms with Crippen molar-refractivity contribution in [3.63, 3.8) is 0 Å². The average molecular weight is 242 g/mol. The molecule has 2 N–H and O–H groups in total. The predicted molar refractivity (Wildman–Crippen MR) is 63.6 cm³/mol. The number of aliphatic imine (C=N–C) groups is 2. The molecule has 1 spiro atoms. The molecule has 0 saturated carbocycles. The van der Waals surface area contributed by atoms with Gasteiger partial charge in [-0.3, -0.25) is 9.98 Å². The summed E-state index contributed by atoms with van der Waals surface area (Å²) in [5, 5.41) is 1.83. The standard InChI is InChI=1S/C7H9N6S2/c1-8-5-10-12-3-4-13-7(12,14-5)15-6(9-2)11-13/h3-4H,1-2H3,(H,8,10)/q+1/p+1. The van der Waals surface area contributed by atoms with Gasteiger partial charge in [-0.25, -0.2) is 0 Å². The van der Waals surface area contributed by atoms with Gasteiger partial charge in [0.1, 0.15) is 0 Å². The Balaban J connectivity index is 2.03. The van der Waals surface area contributed by atoms with Crippen molar-refractivity contribution in [3.05, 3.63) is 0 Å². The normalized spacial score (nSPS) is 37.2. The molecule has 2 saturated heterocycles. The number of rotatable bonds is 0. The summed E-state index contributed by atoms with van der Waals surface area (Å²) in [5.74, 6) is 0. The molecule has 8 heteroatoms. The van der Waals surface area contributed by atoms with Crippen molar-refractivity contribution in [2.45, 2.75) is 4.33 Å². The first-order chi connectivity index (χ1) is 7.28. The van der Waals surface area contributed by atoms with Gasteiger partial charge in [0, 0.05) is 14.1 Å². The molecule has 3 rings (SSSR count). The van der Waals surface area contributed by atoms with Crippen molar-refractivity contribution in [2.24, 2.45) is 9.98 Å². The monoisotopic (exact) mass is 242 g/mol. The SMILES string of the molecule is CN=C1N[N+]2=CC=[N+]3NC(=NC)SC23S1. The molecule has 3 aliphatic rings. The number of nitrogens with one attached hydrogen (secondary N) is 2. The fourth-order valence-corrected chi connectivity index (χ4v) is 4.00. The quantitative estimate of drug-likeness (QED) is 0.549. The van der Waals surface area contributed by atoms with Crippen LogP contribution in [0.5, 0.6) is 0 Å². The Labute approximate surface area is 95.2 Å². The van der Waals surface area contributed by atoms with Crippen molar-refractivity contribution in [1.29, 1.82) is 0 Å². The van der Waals surface area contributed by atoms with E-state index in [1.165, 1.54) is 0 Å². The maximum atomic E-state index is 4.16. The highest BCUT2D eigenvalue weighted by atomic mass is 32.2. The molecule has 0 radical (unpaired) electrons. The third kappa shape index (κ3) is 1.08. The van der Waals surface area contributed by atoms with Gasteiger partial charge in [0.15, 0.2) is 0 Å². The number of hydrazine groups is 2.